The Morgan fingerprint density at radius 2 is 2.13 bits per heavy atom. The fourth-order valence-electron chi connectivity index (χ4n) is 3.03. The number of hydrogen-bond donors (Lipinski definition) is 1. The summed E-state index contributed by atoms with van der Waals surface area (Å²) in [7, 11) is 3.88. The Kier molecular flexibility index (Phi) is 5.62. The fraction of sp³-hybridized carbons (Fsp3) is 1.00. The summed E-state index contributed by atoms with van der Waals surface area (Å²) in [5.74, 6) is 1.76. The van der Waals surface area contributed by atoms with Crippen molar-refractivity contribution in [2.45, 2.75) is 58.1 Å². The number of nitrogens with one attached hydrogen (secondary N) is 1. The maximum atomic E-state index is 5.46. The van der Waals surface area contributed by atoms with E-state index in [9.17, 15) is 0 Å². The predicted octanol–water partition coefficient (Wildman–Crippen LogP) is 2.83. The van der Waals surface area contributed by atoms with E-state index >= 15 is 0 Å². The summed E-state index contributed by atoms with van der Waals surface area (Å²) in [4.78, 5) is 0. The molecule has 0 aromatic rings. The van der Waals surface area contributed by atoms with Gasteiger partial charge in [0.05, 0.1) is 6.10 Å². The van der Waals surface area contributed by atoms with E-state index in [-0.39, 0.29) is 0 Å². The summed E-state index contributed by atoms with van der Waals surface area (Å²) in [6.45, 7) is 4.50. The highest BCUT2D eigenvalue weighted by molar-refractivity contribution is 4.85. The zero-order valence-corrected chi connectivity index (χ0v) is 10.8. The van der Waals surface area contributed by atoms with Crippen LogP contribution in [-0.4, -0.2) is 26.3 Å². The monoisotopic (exact) mass is 213 g/mol. The summed E-state index contributed by atoms with van der Waals surface area (Å²) in [6, 6.07) is 0.532. The number of rotatable bonds is 5. The van der Waals surface area contributed by atoms with E-state index in [0.717, 1.165) is 11.8 Å². The first kappa shape index (κ1) is 13.0. The largest absolute Gasteiger partial charge is 0.380 e. The van der Waals surface area contributed by atoms with Gasteiger partial charge in [-0.3, -0.25) is 0 Å². The highest BCUT2D eigenvalue weighted by Crippen LogP contribution is 2.33. The minimum atomic E-state index is 0.329. The van der Waals surface area contributed by atoms with Gasteiger partial charge >= 0.3 is 0 Å². The van der Waals surface area contributed by atoms with E-state index < -0.39 is 0 Å². The molecular formula is C13H27NO. The Morgan fingerprint density at radius 1 is 1.40 bits per heavy atom. The second-order valence-corrected chi connectivity index (χ2v) is 4.96. The number of likely N-dealkylation sites (N-methyl/N-ethyl adjacent to an activating group) is 1. The summed E-state index contributed by atoms with van der Waals surface area (Å²) < 4.78 is 5.46. The van der Waals surface area contributed by atoms with Gasteiger partial charge in [-0.2, -0.15) is 0 Å². The summed E-state index contributed by atoms with van der Waals surface area (Å²) >= 11 is 0. The van der Waals surface area contributed by atoms with Crippen LogP contribution in [0.15, 0.2) is 0 Å². The molecule has 0 heterocycles. The van der Waals surface area contributed by atoms with Crippen LogP contribution < -0.4 is 5.32 Å². The third-order valence-corrected chi connectivity index (χ3v) is 4.12. The predicted molar refractivity (Wildman–Crippen MR) is 65.1 cm³/mol. The Hall–Kier alpha value is -0.0800. The van der Waals surface area contributed by atoms with Crippen LogP contribution in [0.25, 0.3) is 0 Å². The maximum Gasteiger partial charge on any atom is 0.0698 e. The van der Waals surface area contributed by atoms with Crippen molar-refractivity contribution >= 4 is 0 Å². The molecule has 4 unspecified atom stereocenters. The van der Waals surface area contributed by atoms with Crippen molar-refractivity contribution in [2.75, 3.05) is 14.2 Å². The summed E-state index contributed by atoms with van der Waals surface area (Å²) in [6.07, 6.45) is 7.26. The molecule has 0 amide bonds. The smallest absolute Gasteiger partial charge is 0.0698 e. The van der Waals surface area contributed by atoms with Crippen molar-refractivity contribution in [1.29, 1.82) is 0 Å². The molecule has 1 aliphatic rings. The second kappa shape index (κ2) is 6.49. The number of ether oxygens (including phenoxy) is 1. The molecule has 0 spiro atoms. The third-order valence-electron chi connectivity index (χ3n) is 4.12. The third kappa shape index (κ3) is 3.46. The van der Waals surface area contributed by atoms with Gasteiger partial charge in [-0.05, 0) is 38.6 Å². The van der Waals surface area contributed by atoms with Crippen LogP contribution in [0.4, 0.5) is 0 Å². The molecule has 0 radical (unpaired) electrons. The molecule has 2 nitrogen and oxygen atoms in total. The summed E-state index contributed by atoms with van der Waals surface area (Å²) in [5, 5.41) is 3.44. The Bertz CT molecular complexity index is 172. The van der Waals surface area contributed by atoms with Crippen LogP contribution in [0.3, 0.4) is 0 Å². The minimum absolute atomic E-state index is 0.329. The van der Waals surface area contributed by atoms with Gasteiger partial charge in [-0.1, -0.05) is 26.2 Å². The lowest BCUT2D eigenvalue weighted by Crippen LogP contribution is -2.44. The zero-order chi connectivity index (χ0) is 11.3. The molecule has 1 N–H and O–H groups in total. The molecule has 4 atom stereocenters. The molecule has 0 bridgehead atoms. The first-order valence-corrected chi connectivity index (χ1v) is 6.42. The van der Waals surface area contributed by atoms with Gasteiger partial charge in [0.25, 0.3) is 0 Å². The maximum absolute atomic E-state index is 5.46. The van der Waals surface area contributed by atoms with E-state index in [1.807, 2.05) is 7.11 Å². The van der Waals surface area contributed by atoms with Gasteiger partial charge < -0.3 is 10.1 Å². The molecular weight excluding hydrogens is 186 g/mol. The molecule has 0 saturated heterocycles. The standard InChI is InChI=1S/C13H27NO/c1-5-11-7-6-8-12(9-11)13(14-3)10(2)15-4/h10-14H,5-9H2,1-4H3. The SMILES string of the molecule is CCC1CCCC(C(NC)C(C)OC)C1. The van der Waals surface area contributed by atoms with Crippen molar-refractivity contribution in [3.63, 3.8) is 0 Å². The number of hydrogen-bond acceptors (Lipinski definition) is 2. The van der Waals surface area contributed by atoms with Gasteiger partial charge in [0.1, 0.15) is 0 Å². The average Bonchev–Trinajstić information content (AvgIpc) is 2.30. The fourth-order valence-corrected chi connectivity index (χ4v) is 3.03. The van der Waals surface area contributed by atoms with Gasteiger partial charge in [0.2, 0.25) is 0 Å². The lowest BCUT2D eigenvalue weighted by molar-refractivity contribution is 0.0487. The molecule has 0 aromatic carbocycles. The van der Waals surface area contributed by atoms with Crippen molar-refractivity contribution in [3.05, 3.63) is 0 Å². The van der Waals surface area contributed by atoms with Crippen molar-refractivity contribution < 1.29 is 4.74 Å². The second-order valence-electron chi connectivity index (χ2n) is 4.96. The lowest BCUT2D eigenvalue weighted by Gasteiger charge is -2.36. The van der Waals surface area contributed by atoms with E-state index in [1.54, 1.807) is 0 Å². The molecule has 1 aliphatic carbocycles. The van der Waals surface area contributed by atoms with Crippen molar-refractivity contribution in [1.82, 2.24) is 5.32 Å². The molecule has 1 fully saturated rings. The minimum Gasteiger partial charge on any atom is -0.380 e. The molecule has 15 heavy (non-hydrogen) atoms. The van der Waals surface area contributed by atoms with Gasteiger partial charge in [-0.25, -0.2) is 0 Å². The molecule has 1 saturated carbocycles. The zero-order valence-electron chi connectivity index (χ0n) is 10.8. The van der Waals surface area contributed by atoms with Crippen LogP contribution >= 0.6 is 0 Å². The van der Waals surface area contributed by atoms with E-state index in [2.05, 4.69) is 26.2 Å². The summed E-state index contributed by atoms with van der Waals surface area (Å²) in [5.41, 5.74) is 0. The van der Waals surface area contributed by atoms with Gasteiger partial charge in [0.15, 0.2) is 0 Å². The Balaban J connectivity index is 2.51. The average molecular weight is 213 g/mol. The molecule has 0 aliphatic heterocycles. The van der Waals surface area contributed by atoms with Crippen molar-refractivity contribution in [3.8, 4) is 0 Å². The Labute approximate surface area is 94.8 Å². The van der Waals surface area contributed by atoms with E-state index in [0.29, 0.717) is 12.1 Å². The molecule has 1 rings (SSSR count). The lowest BCUT2D eigenvalue weighted by atomic mass is 9.75. The van der Waals surface area contributed by atoms with Gasteiger partial charge in [0, 0.05) is 13.2 Å². The molecule has 90 valence electrons. The van der Waals surface area contributed by atoms with E-state index in [4.69, 9.17) is 4.74 Å². The first-order chi connectivity index (χ1) is 7.22. The topological polar surface area (TPSA) is 21.3 Å². The van der Waals surface area contributed by atoms with Crippen LogP contribution in [0.1, 0.15) is 46.0 Å². The van der Waals surface area contributed by atoms with Gasteiger partial charge in [-0.15, -0.1) is 0 Å². The van der Waals surface area contributed by atoms with Crippen LogP contribution in [0.5, 0.6) is 0 Å². The number of methoxy groups -OCH3 is 1. The van der Waals surface area contributed by atoms with Crippen LogP contribution in [-0.2, 0) is 4.74 Å². The highest BCUT2D eigenvalue weighted by atomic mass is 16.5. The van der Waals surface area contributed by atoms with Crippen LogP contribution in [0, 0.1) is 11.8 Å². The highest BCUT2D eigenvalue weighted by Gasteiger charge is 2.30. The Morgan fingerprint density at radius 3 is 2.67 bits per heavy atom. The van der Waals surface area contributed by atoms with E-state index in [1.165, 1.54) is 32.1 Å². The van der Waals surface area contributed by atoms with Crippen molar-refractivity contribution in [2.24, 2.45) is 11.8 Å². The normalized spacial score (nSPS) is 31.2. The quantitative estimate of drug-likeness (QED) is 0.758. The first-order valence-electron chi connectivity index (χ1n) is 6.42. The molecule has 2 heteroatoms. The van der Waals surface area contributed by atoms with Crippen LogP contribution in [0.2, 0.25) is 0 Å². The molecule has 0 aromatic heterocycles.